The Balaban J connectivity index is 0.00000504. The van der Waals surface area contributed by atoms with Crippen LogP contribution in [0.1, 0.15) is 25.0 Å². The summed E-state index contributed by atoms with van der Waals surface area (Å²) in [6.07, 6.45) is 0. The first-order chi connectivity index (χ1) is 24.4. The van der Waals surface area contributed by atoms with Gasteiger partial charge in [-0.25, -0.2) is 0 Å². The molecule has 2 radical (unpaired) electrons. The van der Waals surface area contributed by atoms with Gasteiger partial charge in [-0.1, -0.05) is 36.4 Å². The topological polar surface area (TPSA) is 251 Å². The zero-order valence-electron chi connectivity index (χ0n) is 30.0. The second-order valence-electron chi connectivity index (χ2n) is 11.4. The smallest absolute Gasteiger partial charge is 0.295 e. The van der Waals surface area contributed by atoms with Crippen molar-refractivity contribution in [1.29, 1.82) is 0 Å². The third-order valence-electron chi connectivity index (χ3n) is 7.35. The summed E-state index contributed by atoms with van der Waals surface area (Å²) in [6, 6.07) is 17.2. The molecular formula is C34H32N6Na2O10S2. The Morgan fingerprint density at radius 2 is 0.889 bits per heavy atom. The van der Waals surface area contributed by atoms with E-state index < -0.39 is 65.5 Å². The summed E-state index contributed by atoms with van der Waals surface area (Å²) in [7, 11) is -10.3. The standard InChI is InChI=1S/C34H32N6O10S2.2Na/c1-19-15-25(29(51(45,46)47)17-27(19)37-39-31(21(3)41)33(43)35-23-11-7-5-8-12-23)26-16-20(2)28(18-30(26)52(48,49)50)38-40-32(22(4)42)34(44)36-24-13-9-6-10-14-24;;/h5-18,31-32H,1-4H3,(H,35,43)(H,36,44)(H,45,46,47)(H,48,49,50);;. The second-order valence-corrected chi connectivity index (χ2v) is 14.2. The fraction of sp³-hybridized carbons (Fsp3) is 0.176. The van der Waals surface area contributed by atoms with Crippen LogP contribution in [0.2, 0.25) is 0 Å². The Morgan fingerprint density at radius 3 is 1.17 bits per heavy atom. The predicted molar refractivity (Wildman–Crippen MR) is 201 cm³/mol. The number of anilines is 2. The Kier molecular flexibility index (Phi) is 16.9. The van der Waals surface area contributed by atoms with Crippen LogP contribution in [-0.2, 0) is 39.4 Å². The molecule has 54 heavy (non-hydrogen) atoms. The van der Waals surface area contributed by atoms with E-state index in [4.69, 9.17) is 0 Å². The van der Waals surface area contributed by atoms with E-state index in [0.717, 1.165) is 38.1 Å². The van der Waals surface area contributed by atoms with E-state index in [0.29, 0.717) is 11.4 Å². The van der Waals surface area contributed by atoms with Crippen LogP contribution in [0, 0.1) is 13.8 Å². The van der Waals surface area contributed by atoms with Crippen molar-refractivity contribution in [2.75, 3.05) is 10.6 Å². The molecule has 272 valence electrons. The molecule has 20 heteroatoms. The molecule has 4 aromatic rings. The summed E-state index contributed by atoms with van der Waals surface area (Å²) in [6.45, 7) is 5.08. The number of rotatable bonds is 13. The molecule has 2 atom stereocenters. The van der Waals surface area contributed by atoms with Crippen molar-refractivity contribution in [2.45, 2.75) is 49.6 Å². The molecule has 0 aromatic heterocycles. The predicted octanol–water partition coefficient (Wildman–Crippen LogP) is 5.06. The van der Waals surface area contributed by atoms with Crippen LogP contribution < -0.4 is 10.6 Å². The molecule has 0 saturated carbocycles. The van der Waals surface area contributed by atoms with Crippen LogP contribution in [-0.4, -0.2) is 121 Å². The summed E-state index contributed by atoms with van der Waals surface area (Å²) < 4.78 is 71.0. The van der Waals surface area contributed by atoms with Crippen molar-refractivity contribution in [3.8, 4) is 11.1 Å². The third kappa shape index (κ3) is 12.1. The summed E-state index contributed by atoms with van der Waals surface area (Å²) in [5.41, 5.74) is -0.0781. The van der Waals surface area contributed by atoms with Gasteiger partial charge in [0.15, 0.2) is 11.6 Å². The van der Waals surface area contributed by atoms with Gasteiger partial charge in [-0.2, -0.15) is 37.3 Å². The number of carbonyl (C=O) groups excluding carboxylic acids is 4. The van der Waals surface area contributed by atoms with Crippen molar-refractivity contribution < 1.29 is 45.1 Å². The van der Waals surface area contributed by atoms with E-state index in [2.05, 4.69) is 31.1 Å². The van der Waals surface area contributed by atoms with Gasteiger partial charge in [0.2, 0.25) is 12.1 Å². The van der Waals surface area contributed by atoms with Crippen LogP contribution in [0.15, 0.2) is 115 Å². The van der Waals surface area contributed by atoms with Gasteiger partial charge in [0.05, 0.1) is 11.4 Å². The van der Waals surface area contributed by atoms with Gasteiger partial charge >= 0.3 is 0 Å². The van der Waals surface area contributed by atoms with Crippen LogP contribution in [0.3, 0.4) is 0 Å². The molecule has 0 saturated heterocycles. The average molecular weight is 795 g/mol. The summed E-state index contributed by atoms with van der Waals surface area (Å²) in [4.78, 5) is 48.4. The second kappa shape index (κ2) is 19.7. The quantitative estimate of drug-likeness (QED) is 0.0606. The summed E-state index contributed by atoms with van der Waals surface area (Å²) >= 11 is 0. The van der Waals surface area contributed by atoms with Gasteiger partial charge in [-0.05, 0) is 87.4 Å². The fourth-order valence-electron chi connectivity index (χ4n) is 4.76. The number of azo groups is 2. The van der Waals surface area contributed by atoms with Gasteiger partial charge in [0.1, 0.15) is 9.79 Å². The maximum atomic E-state index is 12.8. The maximum absolute atomic E-state index is 12.8. The molecule has 0 aliphatic rings. The number of Topliss-reactive ketones (excluding diaryl/α,β-unsaturated/α-hetero) is 2. The van der Waals surface area contributed by atoms with E-state index in [9.17, 15) is 45.1 Å². The SMILES string of the molecule is CC(=O)C(N=Nc1cc(S(=O)(=O)O)c(-c2cc(C)c(N=NC(C(C)=O)C(=O)Nc3ccccc3)cc2S(=O)(=O)O)cc1C)C(=O)Nc1ccccc1.[Na].[Na]. The normalized spacial score (nSPS) is 12.6. The van der Waals surface area contributed by atoms with Crippen molar-refractivity contribution >= 4 is 125 Å². The van der Waals surface area contributed by atoms with Crippen LogP contribution in [0.4, 0.5) is 22.7 Å². The van der Waals surface area contributed by atoms with E-state index in [1.807, 2.05) is 0 Å². The molecule has 2 unspecified atom stereocenters. The zero-order chi connectivity index (χ0) is 38.4. The van der Waals surface area contributed by atoms with Crippen molar-refractivity contribution in [3.05, 3.63) is 96.1 Å². The minimum absolute atomic E-state index is 0. The van der Waals surface area contributed by atoms with E-state index in [1.165, 1.54) is 13.8 Å². The summed E-state index contributed by atoms with van der Waals surface area (Å²) in [5, 5.41) is 20.5. The number of benzene rings is 4. The molecule has 16 nitrogen and oxygen atoms in total. The van der Waals surface area contributed by atoms with Crippen LogP contribution in [0.5, 0.6) is 0 Å². The molecule has 0 spiro atoms. The van der Waals surface area contributed by atoms with Crippen molar-refractivity contribution in [3.63, 3.8) is 0 Å². The van der Waals surface area contributed by atoms with Gasteiger partial charge < -0.3 is 10.6 Å². The Hall–Kier alpha value is -3.82. The van der Waals surface area contributed by atoms with Gasteiger partial charge in [-0.15, -0.1) is 0 Å². The molecule has 2 amide bonds. The fourth-order valence-corrected chi connectivity index (χ4v) is 6.17. The number of ketones is 2. The number of amides is 2. The molecule has 0 bridgehead atoms. The van der Waals surface area contributed by atoms with Crippen molar-refractivity contribution in [1.82, 2.24) is 0 Å². The minimum atomic E-state index is -5.13. The maximum Gasteiger partial charge on any atom is 0.295 e. The average Bonchev–Trinajstić information content (AvgIpc) is 3.05. The van der Waals surface area contributed by atoms with Gasteiger partial charge in [0.25, 0.3) is 32.1 Å². The van der Waals surface area contributed by atoms with E-state index >= 15 is 0 Å². The number of hydrogen-bond donors (Lipinski definition) is 4. The van der Waals surface area contributed by atoms with Gasteiger partial charge in [0, 0.05) is 81.6 Å². The summed E-state index contributed by atoms with van der Waals surface area (Å²) in [5.74, 6) is -3.00. The number of para-hydroxylation sites is 2. The molecule has 0 aliphatic heterocycles. The largest absolute Gasteiger partial charge is 0.324 e. The Labute approximate surface area is 355 Å². The number of aryl methyl sites for hydroxylation is 2. The van der Waals surface area contributed by atoms with E-state index in [-0.39, 0.29) is 92.7 Å². The number of nitrogens with one attached hydrogen (secondary N) is 2. The minimum Gasteiger partial charge on any atom is -0.324 e. The van der Waals surface area contributed by atoms with Gasteiger partial charge in [-0.3, -0.25) is 28.3 Å². The number of carbonyl (C=O) groups is 4. The number of hydrogen-bond acceptors (Lipinski definition) is 12. The molecule has 0 fully saturated rings. The van der Waals surface area contributed by atoms with Crippen LogP contribution >= 0.6 is 0 Å². The Bertz CT molecular complexity index is 2180. The molecule has 0 heterocycles. The first kappa shape index (κ1) is 46.3. The van der Waals surface area contributed by atoms with E-state index in [1.54, 1.807) is 60.7 Å². The Morgan fingerprint density at radius 1 is 0.574 bits per heavy atom. The third-order valence-corrected chi connectivity index (χ3v) is 9.14. The monoisotopic (exact) mass is 794 g/mol. The van der Waals surface area contributed by atoms with Crippen molar-refractivity contribution in [2.24, 2.45) is 20.5 Å². The first-order valence-electron chi connectivity index (χ1n) is 15.2. The molecule has 4 rings (SSSR count). The molecule has 4 N–H and O–H groups in total. The first-order valence-corrected chi connectivity index (χ1v) is 18.0. The number of nitrogens with zero attached hydrogens (tertiary/aromatic N) is 4. The molecule has 0 aliphatic carbocycles. The zero-order valence-corrected chi connectivity index (χ0v) is 35.6. The van der Waals surface area contributed by atoms with Crippen LogP contribution in [0.25, 0.3) is 11.1 Å². The molecular weight excluding hydrogens is 763 g/mol. The molecule has 4 aromatic carbocycles.